The summed E-state index contributed by atoms with van der Waals surface area (Å²) < 4.78 is 5.60. The van der Waals surface area contributed by atoms with Gasteiger partial charge in [0, 0.05) is 56.4 Å². The second-order valence-corrected chi connectivity index (χ2v) is 8.77. The zero-order valence-corrected chi connectivity index (χ0v) is 19.5. The third-order valence-electron chi connectivity index (χ3n) is 6.00. The lowest BCUT2D eigenvalue weighted by molar-refractivity contribution is 0.110. The van der Waals surface area contributed by atoms with Crippen molar-refractivity contribution in [2.45, 2.75) is 33.1 Å². The van der Waals surface area contributed by atoms with Gasteiger partial charge >= 0.3 is 6.09 Å². The molecule has 3 aromatic rings. The number of piperazine rings is 1. The van der Waals surface area contributed by atoms with Crippen molar-refractivity contribution in [1.29, 1.82) is 0 Å². The topological polar surface area (TPSA) is 58.6 Å². The van der Waals surface area contributed by atoms with Crippen molar-refractivity contribution in [2.24, 2.45) is 0 Å². The minimum atomic E-state index is -0.272. The normalized spacial score (nSPS) is 14.3. The van der Waals surface area contributed by atoms with Crippen molar-refractivity contribution < 1.29 is 9.53 Å². The van der Waals surface area contributed by atoms with Crippen LogP contribution in [-0.2, 0) is 12.8 Å². The Morgan fingerprint density at radius 3 is 2.09 bits per heavy atom. The Morgan fingerprint density at radius 2 is 1.48 bits per heavy atom. The van der Waals surface area contributed by atoms with Gasteiger partial charge in [-0.05, 0) is 74.2 Å². The van der Waals surface area contributed by atoms with E-state index in [1.165, 1.54) is 5.56 Å². The third-order valence-corrected chi connectivity index (χ3v) is 6.00. The van der Waals surface area contributed by atoms with E-state index in [-0.39, 0.29) is 6.09 Å². The monoisotopic (exact) mass is 444 g/mol. The summed E-state index contributed by atoms with van der Waals surface area (Å²) in [6.07, 6.45) is 6.35. The Morgan fingerprint density at radius 1 is 0.848 bits per heavy atom. The lowest BCUT2D eigenvalue weighted by Gasteiger charge is -2.34. The molecule has 6 nitrogen and oxygen atoms in total. The van der Waals surface area contributed by atoms with Crippen molar-refractivity contribution in [3.63, 3.8) is 0 Å². The molecule has 33 heavy (non-hydrogen) atoms. The first-order valence-corrected chi connectivity index (χ1v) is 11.7. The van der Waals surface area contributed by atoms with Crippen molar-refractivity contribution >= 4 is 6.09 Å². The number of aryl methyl sites for hydroxylation is 3. The van der Waals surface area contributed by atoms with Gasteiger partial charge in [0.25, 0.3) is 0 Å². The number of ether oxygens (including phenoxy) is 1. The fourth-order valence-electron chi connectivity index (χ4n) is 3.94. The molecular formula is C27H32N4O2. The average Bonchev–Trinajstić information content (AvgIpc) is 2.83. The molecule has 0 saturated carbocycles. The molecule has 1 amide bonds. The summed E-state index contributed by atoms with van der Waals surface area (Å²) in [6.45, 7) is 8.25. The molecule has 0 bridgehead atoms. The number of nitrogens with zero attached hydrogens (tertiary/aromatic N) is 4. The van der Waals surface area contributed by atoms with E-state index in [2.05, 4.69) is 40.0 Å². The van der Waals surface area contributed by atoms with E-state index in [4.69, 9.17) is 4.74 Å². The standard InChI is InChI=1S/C27H32N4O2/c1-21-5-9-24(28-19-21)4-3-13-30-14-16-31(17-15-30)27(32)33-26-11-7-23(8-12-26)18-25-10-6-22(2)20-29-25/h5-12,19-20H,3-4,13-18H2,1-2H3. The zero-order valence-electron chi connectivity index (χ0n) is 19.5. The van der Waals surface area contributed by atoms with Crippen LogP contribution in [0.25, 0.3) is 0 Å². The summed E-state index contributed by atoms with van der Waals surface area (Å²) >= 11 is 0. The van der Waals surface area contributed by atoms with Gasteiger partial charge in [-0.3, -0.25) is 14.9 Å². The van der Waals surface area contributed by atoms with Crippen molar-refractivity contribution in [2.75, 3.05) is 32.7 Å². The van der Waals surface area contributed by atoms with Crippen molar-refractivity contribution in [3.05, 3.63) is 89.0 Å². The van der Waals surface area contributed by atoms with Gasteiger partial charge in [-0.25, -0.2) is 4.79 Å². The molecule has 6 heteroatoms. The van der Waals surface area contributed by atoms with Gasteiger partial charge in [0.15, 0.2) is 0 Å². The van der Waals surface area contributed by atoms with Gasteiger partial charge < -0.3 is 9.64 Å². The maximum atomic E-state index is 12.6. The number of hydrogen-bond acceptors (Lipinski definition) is 5. The van der Waals surface area contributed by atoms with E-state index in [9.17, 15) is 4.79 Å². The maximum absolute atomic E-state index is 12.6. The Kier molecular flexibility index (Phi) is 7.68. The summed E-state index contributed by atoms with van der Waals surface area (Å²) in [5, 5.41) is 0. The van der Waals surface area contributed by atoms with Crippen LogP contribution in [0, 0.1) is 13.8 Å². The minimum absolute atomic E-state index is 0.272. The molecule has 2 aromatic heterocycles. The SMILES string of the molecule is Cc1ccc(CCCN2CCN(C(=O)Oc3ccc(Cc4ccc(C)cn4)cc3)CC2)nc1. The van der Waals surface area contributed by atoms with Crippen LogP contribution in [0.2, 0.25) is 0 Å². The van der Waals surface area contributed by atoms with Gasteiger partial charge in [0.1, 0.15) is 5.75 Å². The number of carbonyl (C=O) groups is 1. The Balaban J connectivity index is 1.18. The lowest BCUT2D eigenvalue weighted by Crippen LogP contribution is -2.49. The summed E-state index contributed by atoms with van der Waals surface area (Å²) in [7, 11) is 0. The quantitative estimate of drug-likeness (QED) is 0.539. The minimum Gasteiger partial charge on any atom is -0.410 e. The molecule has 0 unspecified atom stereocenters. The van der Waals surface area contributed by atoms with Crippen LogP contribution in [-0.4, -0.2) is 58.6 Å². The van der Waals surface area contributed by atoms with Crippen LogP contribution in [0.15, 0.2) is 60.9 Å². The van der Waals surface area contributed by atoms with Crippen LogP contribution < -0.4 is 4.74 Å². The predicted molar refractivity (Wildman–Crippen MR) is 130 cm³/mol. The summed E-state index contributed by atoms with van der Waals surface area (Å²) in [5.41, 5.74) is 5.65. The highest BCUT2D eigenvalue weighted by molar-refractivity contribution is 5.70. The predicted octanol–water partition coefficient (Wildman–Crippen LogP) is 4.43. The van der Waals surface area contributed by atoms with Crippen LogP contribution in [0.1, 0.15) is 34.5 Å². The van der Waals surface area contributed by atoms with Crippen LogP contribution in [0.3, 0.4) is 0 Å². The second kappa shape index (κ2) is 11.1. The molecule has 1 aliphatic heterocycles. The fraction of sp³-hybridized carbons (Fsp3) is 0.370. The van der Waals surface area contributed by atoms with E-state index in [1.54, 1.807) is 4.90 Å². The number of carbonyl (C=O) groups excluding carboxylic acids is 1. The molecule has 0 spiro atoms. The van der Waals surface area contributed by atoms with Gasteiger partial charge in [0.2, 0.25) is 0 Å². The van der Waals surface area contributed by atoms with E-state index in [0.29, 0.717) is 18.8 Å². The van der Waals surface area contributed by atoms with Crippen molar-refractivity contribution in [1.82, 2.24) is 19.8 Å². The van der Waals surface area contributed by atoms with Crippen LogP contribution in [0.5, 0.6) is 5.75 Å². The molecule has 1 saturated heterocycles. The fourth-order valence-corrected chi connectivity index (χ4v) is 3.94. The number of rotatable bonds is 7. The highest BCUT2D eigenvalue weighted by Gasteiger charge is 2.22. The van der Waals surface area contributed by atoms with Gasteiger partial charge in [0.05, 0.1) is 0 Å². The van der Waals surface area contributed by atoms with E-state index in [0.717, 1.165) is 61.4 Å². The first-order chi connectivity index (χ1) is 16.0. The molecule has 4 rings (SSSR count). The highest BCUT2D eigenvalue weighted by atomic mass is 16.6. The summed E-state index contributed by atoms with van der Waals surface area (Å²) in [6, 6.07) is 16.0. The zero-order chi connectivity index (χ0) is 23.0. The van der Waals surface area contributed by atoms with E-state index in [1.807, 2.05) is 49.6 Å². The van der Waals surface area contributed by atoms with Gasteiger partial charge in [-0.2, -0.15) is 0 Å². The number of pyridine rings is 2. The molecule has 0 radical (unpaired) electrons. The largest absolute Gasteiger partial charge is 0.415 e. The molecular weight excluding hydrogens is 412 g/mol. The Labute approximate surface area is 196 Å². The number of aromatic nitrogens is 2. The first kappa shape index (κ1) is 22.9. The summed E-state index contributed by atoms with van der Waals surface area (Å²) in [4.78, 5) is 25.7. The molecule has 1 fully saturated rings. The second-order valence-electron chi connectivity index (χ2n) is 8.77. The number of hydrogen-bond donors (Lipinski definition) is 0. The molecule has 0 atom stereocenters. The number of amides is 1. The highest BCUT2D eigenvalue weighted by Crippen LogP contribution is 2.16. The van der Waals surface area contributed by atoms with E-state index >= 15 is 0 Å². The molecule has 3 heterocycles. The lowest BCUT2D eigenvalue weighted by atomic mass is 10.1. The molecule has 1 aliphatic rings. The maximum Gasteiger partial charge on any atom is 0.415 e. The summed E-state index contributed by atoms with van der Waals surface area (Å²) in [5.74, 6) is 0.577. The Hall–Kier alpha value is -3.25. The molecule has 0 N–H and O–H groups in total. The van der Waals surface area contributed by atoms with Crippen LogP contribution in [0.4, 0.5) is 4.79 Å². The third kappa shape index (κ3) is 6.86. The van der Waals surface area contributed by atoms with Gasteiger partial charge in [-0.15, -0.1) is 0 Å². The van der Waals surface area contributed by atoms with Gasteiger partial charge in [-0.1, -0.05) is 24.3 Å². The van der Waals surface area contributed by atoms with Crippen molar-refractivity contribution in [3.8, 4) is 5.75 Å². The molecule has 0 aliphatic carbocycles. The first-order valence-electron chi connectivity index (χ1n) is 11.7. The molecule has 172 valence electrons. The van der Waals surface area contributed by atoms with E-state index < -0.39 is 0 Å². The smallest absolute Gasteiger partial charge is 0.410 e. The Bertz CT molecular complexity index is 1030. The van der Waals surface area contributed by atoms with Crippen LogP contribution >= 0.6 is 0 Å². The average molecular weight is 445 g/mol. The molecule has 1 aromatic carbocycles. The number of benzene rings is 1.